The van der Waals surface area contributed by atoms with E-state index in [2.05, 4.69) is 4.98 Å². The summed E-state index contributed by atoms with van der Waals surface area (Å²) in [6, 6.07) is 18.9. The van der Waals surface area contributed by atoms with Crippen LogP contribution in [0.15, 0.2) is 91.4 Å². The van der Waals surface area contributed by atoms with Crippen LogP contribution in [-0.4, -0.2) is 73.0 Å². The molecule has 1 N–H and O–H groups in total. The Morgan fingerprint density at radius 2 is 1.59 bits per heavy atom. The zero-order valence-corrected chi connectivity index (χ0v) is 25.5. The molecule has 0 fully saturated rings. The fraction of sp³-hybridized carbons (Fsp3) is 0.324. The Kier molecular flexibility index (Phi) is 10.3. The molecular weight excluding hydrogens is 560 g/mol. The van der Waals surface area contributed by atoms with Gasteiger partial charge in [0.2, 0.25) is 5.91 Å². The first-order chi connectivity index (χ1) is 21.0. The Morgan fingerprint density at radius 3 is 2.14 bits per heavy atom. The van der Waals surface area contributed by atoms with Crippen molar-refractivity contribution in [2.45, 2.75) is 65.3 Å². The summed E-state index contributed by atoms with van der Waals surface area (Å²) in [4.78, 5) is 60.6. The lowest BCUT2D eigenvalue weighted by Gasteiger charge is -2.47. The number of amides is 3. The number of hydrogen-bond donors (Lipinski definition) is 1. The molecule has 2 unspecified atom stereocenters. The number of nitrogens with zero attached hydrogens (tertiary/aromatic N) is 4. The van der Waals surface area contributed by atoms with Gasteiger partial charge in [0, 0.05) is 31.1 Å². The van der Waals surface area contributed by atoms with Crippen LogP contribution < -0.4 is 0 Å². The maximum Gasteiger partial charge on any atom is 0.337 e. The van der Waals surface area contributed by atoms with E-state index in [0.717, 1.165) is 10.6 Å². The van der Waals surface area contributed by atoms with E-state index >= 15 is 0 Å². The van der Waals surface area contributed by atoms with E-state index in [0.29, 0.717) is 11.1 Å². The third-order valence-corrected chi connectivity index (χ3v) is 7.19. The van der Waals surface area contributed by atoms with E-state index in [-0.39, 0.29) is 18.0 Å². The first-order valence-corrected chi connectivity index (χ1v) is 14.6. The van der Waals surface area contributed by atoms with Crippen molar-refractivity contribution in [3.05, 3.63) is 108 Å². The number of esters is 1. The van der Waals surface area contributed by atoms with Gasteiger partial charge in [0.25, 0.3) is 11.8 Å². The van der Waals surface area contributed by atoms with Gasteiger partial charge in [0.15, 0.2) is 6.10 Å². The highest BCUT2D eigenvalue weighted by Crippen LogP contribution is 2.34. The zero-order valence-electron chi connectivity index (χ0n) is 25.5. The van der Waals surface area contributed by atoms with Crippen LogP contribution in [0.5, 0.6) is 0 Å². The topological polar surface area (TPSA) is 120 Å². The second kappa shape index (κ2) is 14.1. The Labute approximate surface area is 257 Å². The standard InChI is InChI=1S/C34H38N4O6/c1-22(2)30-33(42)38(29(26-15-10-7-11-16-26)21-36(30)32(41)27-17-12-18-35-20-27)37(24(5)39)28(19-25-13-8-6-9-14-25)31(40)34(43)44-23(3)4/h6-18,20-23,28,30-31,40H,19H2,1-5H3/t28-,30?,31?/m0/s1. The van der Waals surface area contributed by atoms with Gasteiger partial charge in [-0.1, -0.05) is 74.5 Å². The molecule has 44 heavy (non-hydrogen) atoms. The molecular formula is C34H38N4O6. The van der Waals surface area contributed by atoms with E-state index in [1.54, 1.807) is 94.7 Å². The molecule has 0 saturated carbocycles. The summed E-state index contributed by atoms with van der Waals surface area (Å²) >= 11 is 0. The number of hydrazine groups is 1. The number of carbonyl (C=O) groups is 4. The number of ether oxygens (including phenoxy) is 1. The smallest absolute Gasteiger partial charge is 0.337 e. The molecule has 1 aromatic heterocycles. The maximum atomic E-state index is 14.7. The molecule has 1 aliphatic heterocycles. The van der Waals surface area contributed by atoms with Gasteiger partial charge in [0.05, 0.1) is 23.4 Å². The number of aliphatic hydroxyl groups excluding tert-OH is 1. The highest BCUT2D eigenvalue weighted by Gasteiger charge is 2.47. The summed E-state index contributed by atoms with van der Waals surface area (Å²) in [5, 5.41) is 13.8. The summed E-state index contributed by atoms with van der Waals surface area (Å²) in [7, 11) is 0. The molecule has 0 spiro atoms. The van der Waals surface area contributed by atoms with Crippen molar-refractivity contribution in [2.24, 2.45) is 5.92 Å². The number of rotatable bonds is 10. The zero-order chi connectivity index (χ0) is 32.0. The number of benzene rings is 2. The van der Waals surface area contributed by atoms with Crippen LogP contribution in [0.3, 0.4) is 0 Å². The minimum atomic E-state index is -1.79. The lowest BCUT2D eigenvalue weighted by atomic mass is 9.96. The first-order valence-electron chi connectivity index (χ1n) is 14.6. The molecule has 3 atom stereocenters. The molecule has 0 radical (unpaired) electrons. The highest BCUT2D eigenvalue weighted by molar-refractivity contribution is 6.03. The van der Waals surface area contributed by atoms with Gasteiger partial charge >= 0.3 is 5.97 Å². The minimum Gasteiger partial charge on any atom is -0.461 e. The monoisotopic (exact) mass is 598 g/mol. The summed E-state index contributed by atoms with van der Waals surface area (Å²) in [5.41, 5.74) is 1.78. The fourth-order valence-electron chi connectivity index (χ4n) is 5.26. The lowest BCUT2D eigenvalue weighted by molar-refractivity contribution is -0.177. The van der Waals surface area contributed by atoms with Crippen LogP contribution in [-0.2, 0) is 25.5 Å². The van der Waals surface area contributed by atoms with E-state index in [9.17, 15) is 24.3 Å². The quantitative estimate of drug-likeness (QED) is 0.349. The SMILES string of the molecule is CC(=O)N([C@@H](Cc1ccccc1)C(O)C(=O)OC(C)C)N1C(=O)C(C(C)C)N(C(=O)c2cccnc2)C=C1c1ccccc1. The number of aromatic nitrogens is 1. The fourth-order valence-corrected chi connectivity index (χ4v) is 5.26. The lowest BCUT2D eigenvalue weighted by Crippen LogP contribution is -2.64. The summed E-state index contributed by atoms with van der Waals surface area (Å²) < 4.78 is 5.34. The van der Waals surface area contributed by atoms with Crippen molar-refractivity contribution >= 4 is 29.4 Å². The molecule has 10 nitrogen and oxygen atoms in total. The van der Waals surface area contributed by atoms with Crippen LogP contribution in [0, 0.1) is 5.92 Å². The van der Waals surface area contributed by atoms with Crippen molar-refractivity contribution in [2.75, 3.05) is 0 Å². The van der Waals surface area contributed by atoms with Gasteiger partial charge in [0.1, 0.15) is 6.04 Å². The number of carbonyl (C=O) groups excluding carboxylic acids is 4. The van der Waals surface area contributed by atoms with Crippen LogP contribution in [0.2, 0.25) is 0 Å². The first kappa shape index (κ1) is 32.1. The van der Waals surface area contributed by atoms with Crippen LogP contribution in [0.1, 0.15) is 56.1 Å². The maximum absolute atomic E-state index is 14.7. The third-order valence-electron chi connectivity index (χ3n) is 7.19. The van der Waals surface area contributed by atoms with Gasteiger partial charge < -0.3 is 9.84 Å². The van der Waals surface area contributed by atoms with Crippen molar-refractivity contribution in [3.63, 3.8) is 0 Å². The van der Waals surface area contributed by atoms with Gasteiger partial charge in [-0.25, -0.2) is 14.8 Å². The molecule has 2 aromatic carbocycles. The van der Waals surface area contributed by atoms with Gasteiger partial charge in [-0.2, -0.15) is 0 Å². The number of hydrogen-bond acceptors (Lipinski definition) is 7. The molecule has 10 heteroatoms. The molecule has 0 aliphatic carbocycles. The van der Waals surface area contributed by atoms with Gasteiger partial charge in [-0.05, 0) is 43.9 Å². The highest BCUT2D eigenvalue weighted by atomic mass is 16.6. The van der Waals surface area contributed by atoms with Crippen molar-refractivity contribution in [1.29, 1.82) is 0 Å². The second-order valence-electron chi connectivity index (χ2n) is 11.2. The van der Waals surface area contributed by atoms with Crippen LogP contribution in [0.25, 0.3) is 5.70 Å². The predicted molar refractivity (Wildman–Crippen MR) is 164 cm³/mol. The van der Waals surface area contributed by atoms with Gasteiger partial charge in [-0.15, -0.1) is 0 Å². The van der Waals surface area contributed by atoms with Crippen molar-refractivity contribution in [1.82, 2.24) is 19.9 Å². The number of pyridine rings is 1. The van der Waals surface area contributed by atoms with Crippen molar-refractivity contribution in [3.8, 4) is 0 Å². The Bertz CT molecular complexity index is 1490. The van der Waals surface area contributed by atoms with Crippen LogP contribution >= 0.6 is 0 Å². The Morgan fingerprint density at radius 1 is 0.955 bits per heavy atom. The predicted octanol–water partition coefficient (Wildman–Crippen LogP) is 4.08. The molecule has 0 bridgehead atoms. The molecule has 3 amide bonds. The molecule has 230 valence electrons. The third kappa shape index (κ3) is 7.03. The summed E-state index contributed by atoms with van der Waals surface area (Å²) in [6.07, 6.45) is 2.25. The molecule has 1 aliphatic rings. The second-order valence-corrected chi connectivity index (χ2v) is 11.2. The minimum absolute atomic E-state index is 0.0330. The van der Waals surface area contributed by atoms with E-state index in [1.807, 2.05) is 18.2 Å². The molecule has 0 saturated heterocycles. The van der Waals surface area contributed by atoms with E-state index < -0.39 is 48.0 Å². The van der Waals surface area contributed by atoms with Gasteiger partial charge in [-0.3, -0.25) is 24.3 Å². The molecule has 2 heterocycles. The normalized spacial score (nSPS) is 16.4. The molecule has 3 aromatic rings. The van der Waals surface area contributed by atoms with E-state index in [4.69, 9.17) is 4.74 Å². The Balaban J connectivity index is 1.92. The van der Waals surface area contributed by atoms with E-state index in [1.165, 1.54) is 23.0 Å². The summed E-state index contributed by atoms with van der Waals surface area (Å²) in [5.74, 6) is -2.90. The van der Waals surface area contributed by atoms with Crippen LogP contribution in [0.4, 0.5) is 0 Å². The average Bonchev–Trinajstić information content (AvgIpc) is 3.01. The number of aliphatic hydroxyl groups is 1. The summed E-state index contributed by atoms with van der Waals surface area (Å²) in [6.45, 7) is 8.20. The van der Waals surface area contributed by atoms with Crippen molar-refractivity contribution < 1.29 is 29.0 Å². The average molecular weight is 599 g/mol. The largest absolute Gasteiger partial charge is 0.461 e. The molecule has 4 rings (SSSR count). The Hall–Kier alpha value is -4.83.